The Hall–Kier alpha value is -0.170. The second-order valence-corrected chi connectivity index (χ2v) is 6.80. The minimum absolute atomic E-state index is 0.149. The van der Waals surface area contributed by atoms with Crippen molar-refractivity contribution in [3.05, 3.63) is 0 Å². The van der Waals surface area contributed by atoms with Crippen molar-refractivity contribution in [1.82, 2.24) is 4.31 Å². The summed E-state index contributed by atoms with van der Waals surface area (Å²) in [5.74, 6) is 0. The van der Waals surface area contributed by atoms with Crippen LogP contribution >= 0.6 is 0 Å². The smallest absolute Gasteiger partial charge is 0.218 e. The fraction of sp³-hybridized carbons (Fsp3) is 1.00. The van der Waals surface area contributed by atoms with Crippen LogP contribution in [-0.2, 0) is 14.8 Å². The van der Waals surface area contributed by atoms with Crippen LogP contribution in [0.3, 0.4) is 0 Å². The molecule has 0 aliphatic carbocycles. The monoisotopic (exact) mass is 236 g/mol. The molecule has 0 aromatic carbocycles. The fourth-order valence-electron chi connectivity index (χ4n) is 1.65. The van der Waals surface area contributed by atoms with Crippen molar-refractivity contribution in [2.75, 3.05) is 26.3 Å². The summed E-state index contributed by atoms with van der Waals surface area (Å²) in [4.78, 5) is 0. The molecule has 0 aromatic rings. The van der Waals surface area contributed by atoms with E-state index in [2.05, 4.69) is 0 Å². The third kappa shape index (κ3) is 2.50. The lowest BCUT2D eigenvalue weighted by Gasteiger charge is -2.41. The van der Waals surface area contributed by atoms with Crippen molar-refractivity contribution in [3.8, 4) is 0 Å². The van der Waals surface area contributed by atoms with Crippen LogP contribution in [0.25, 0.3) is 0 Å². The molecule has 1 aliphatic rings. The van der Waals surface area contributed by atoms with Crippen molar-refractivity contribution >= 4 is 10.0 Å². The van der Waals surface area contributed by atoms with Crippen LogP contribution in [0.4, 0.5) is 0 Å². The number of rotatable bonds is 3. The van der Waals surface area contributed by atoms with Crippen LogP contribution in [0.1, 0.15) is 20.8 Å². The molecule has 2 N–H and O–H groups in total. The zero-order chi connectivity index (χ0) is 11.7. The Kier molecular flexibility index (Phi) is 3.76. The summed E-state index contributed by atoms with van der Waals surface area (Å²) in [6, 6.07) is 0. The first kappa shape index (κ1) is 12.9. The van der Waals surface area contributed by atoms with Gasteiger partial charge in [0.05, 0.1) is 24.0 Å². The first-order valence-electron chi connectivity index (χ1n) is 5.12. The SMILES string of the molecule is CC(CN)S(=O)(=O)N1CCOCC1(C)C. The van der Waals surface area contributed by atoms with Gasteiger partial charge in [-0.3, -0.25) is 0 Å². The van der Waals surface area contributed by atoms with E-state index in [9.17, 15) is 8.42 Å². The number of nitrogens with two attached hydrogens (primary N) is 1. The Balaban J connectivity index is 2.95. The maximum absolute atomic E-state index is 12.1. The van der Waals surface area contributed by atoms with Crippen LogP contribution in [0.2, 0.25) is 0 Å². The van der Waals surface area contributed by atoms with Crippen molar-refractivity contribution in [2.24, 2.45) is 5.73 Å². The zero-order valence-electron chi connectivity index (χ0n) is 9.56. The largest absolute Gasteiger partial charge is 0.378 e. The average molecular weight is 236 g/mol. The molecule has 1 unspecified atom stereocenters. The molecule has 1 fully saturated rings. The highest BCUT2D eigenvalue weighted by atomic mass is 32.2. The van der Waals surface area contributed by atoms with E-state index in [-0.39, 0.29) is 6.54 Å². The summed E-state index contributed by atoms with van der Waals surface area (Å²) in [5, 5.41) is -0.533. The molecule has 90 valence electrons. The minimum atomic E-state index is -3.29. The molecule has 15 heavy (non-hydrogen) atoms. The number of hydrogen-bond donors (Lipinski definition) is 1. The summed E-state index contributed by atoms with van der Waals surface area (Å²) < 4.78 is 31.0. The maximum Gasteiger partial charge on any atom is 0.218 e. The average Bonchev–Trinajstić information content (AvgIpc) is 2.15. The molecule has 0 saturated carbocycles. The lowest BCUT2D eigenvalue weighted by Crippen LogP contribution is -2.58. The fourth-order valence-corrected chi connectivity index (χ4v) is 3.40. The molecule has 5 nitrogen and oxygen atoms in total. The van der Waals surface area contributed by atoms with Gasteiger partial charge in [-0.05, 0) is 20.8 Å². The zero-order valence-corrected chi connectivity index (χ0v) is 10.4. The van der Waals surface area contributed by atoms with E-state index in [1.165, 1.54) is 4.31 Å². The van der Waals surface area contributed by atoms with Crippen molar-refractivity contribution in [1.29, 1.82) is 0 Å². The first-order valence-corrected chi connectivity index (χ1v) is 6.62. The molecule has 1 aliphatic heterocycles. The van der Waals surface area contributed by atoms with E-state index >= 15 is 0 Å². The van der Waals surface area contributed by atoms with Crippen LogP contribution in [-0.4, -0.2) is 49.8 Å². The van der Waals surface area contributed by atoms with Gasteiger partial charge in [0.1, 0.15) is 0 Å². The third-order valence-corrected chi connectivity index (χ3v) is 5.22. The number of ether oxygens (including phenoxy) is 1. The molecular formula is C9H20N2O3S. The van der Waals surface area contributed by atoms with E-state index in [1.807, 2.05) is 13.8 Å². The molecule has 1 atom stereocenters. The second kappa shape index (κ2) is 4.37. The van der Waals surface area contributed by atoms with Gasteiger partial charge in [-0.15, -0.1) is 0 Å². The van der Waals surface area contributed by atoms with E-state index in [1.54, 1.807) is 6.92 Å². The van der Waals surface area contributed by atoms with E-state index in [0.717, 1.165) is 0 Å². The van der Waals surface area contributed by atoms with Crippen molar-refractivity contribution in [3.63, 3.8) is 0 Å². The number of sulfonamides is 1. The Bertz CT molecular complexity index is 313. The van der Waals surface area contributed by atoms with Crippen molar-refractivity contribution in [2.45, 2.75) is 31.6 Å². The van der Waals surface area contributed by atoms with Crippen LogP contribution in [0.15, 0.2) is 0 Å². The highest BCUT2D eigenvalue weighted by Gasteiger charge is 2.40. The minimum Gasteiger partial charge on any atom is -0.378 e. The van der Waals surface area contributed by atoms with Gasteiger partial charge in [-0.2, -0.15) is 4.31 Å². The van der Waals surface area contributed by atoms with Gasteiger partial charge in [0.15, 0.2) is 0 Å². The van der Waals surface area contributed by atoms with Crippen LogP contribution in [0, 0.1) is 0 Å². The van der Waals surface area contributed by atoms with Crippen molar-refractivity contribution < 1.29 is 13.2 Å². The van der Waals surface area contributed by atoms with Gasteiger partial charge in [-0.1, -0.05) is 0 Å². The Morgan fingerprint density at radius 1 is 1.53 bits per heavy atom. The van der Waals surface area contributed by atoms with Gasteiger partial charge >= 0.3 is 0 Å². The molecule has 0 amide bonds. The first-order chi connectivity index (χ1) is 6.82. The molecule has 1 rings (SSSR count). The predicted octanol–water partition coefficient (Wildman–Crippen LogP) is -0.226. The summed E-state index contributed by atoms with van der Waals surface area (Å²) in [6.45, 7) is 6.83. The van der Waals surface area contributed by atoms with E-state index in [0.29, 0.717) is 19.8 Å². The number of hydrogen-bond acceptors (Lipinski definition) is 4. The Morgan fingerprint density at radius 2 is 2.13 bits per heavy atom. The van der Waals surface area contributed by atoms with Crippen LogP contribution in [0.5, 0.6) is 0 Å². The highest BCUT2D eigenvalue weighted by Crippen LogP contribution is 2.24. The van der Waals surface area contributed by atoms with Gasteiger partial charge < -0.3 is 10.5 Å². The van der Waals surface area contributed by atoms with E-state index in [4.69, 9.17) is 10.5 Å². The predicted molar refractivity (Wildman–Crippen MR) is 59.0 cm³/mol. The van der Waals surface area contributed by atoms with Crippen LogP contribution < -0.4 is 5.73 Å². The third-order valence-electron chi connectivity index (χ3n) is 2.72. The Morgan fingerprint density at radius 3 is 2.60 bits per heavy atom. The number of nitrogens with zero attached hydrogens (tertiary/aromatic N) is 1. The van der Waals surface area contributed by atoms with Gasteiger partial charge in [-0.25, -0.2) is 8.42 Å². The second-order valence-electron chi connectivity index (χ2n) is 4.53. The summed E-state index contributed by atoms with van der Waals surface area (Å²) in [6.07, 6.45) is 0. The topological polar surface area (TPSA) is 72.6 Å². The maximum atomic E-state index is 12.1. The molecular weight excluding hydrogens is 216 g/mol. The molecule has 0 radical (unpaired) electrons. The Labute approximate surface area is 91.6 Å². The summed E-state index contributed by atoms with van der Waals surface area (Å²) in [7, 11) is -3.29. The molecule has 0 aromatic heterocycles. The number of morpholine rings is 1. The molecule has 0 bridgehead atoms. The molecule has 6 heteroatoms. The normalized spacial score (nSPS) is 25.1. The lowest BCUT2D eigenvalue weighted by molar-refractivity contribution is -0.00806. The summed E-state index contributed by atoms with van der Waals surface area (Å²) >= 11 is 0. The standard InChI is InChI=1S/C9H20N2O3S/c1-8(6-10)15(12,13)11-4-5-14-7-9(11,2)3/h8H,4-7,10H2,1-3H3. The highest BCUT2D eigenvalue weighted by molar-refractivity contribution is 7.89. The van der Waals surface area contributed by atoms with Gasteiger partial charge in [0.25, 0.3) is 0 Å². The lowest BCUT2D eigenvalue weighted by atomic mass is 10.1. The van der Waals surface area contributed by atoms with E-state index < -0.39 is 20.8 Å². The van der Waals surface area contributed by atoms with Gasteiger partial charge in [0, 0.05) is 13.1 Å². The van der Waals surface area contributed by atoms with Gasteiger partial charge in [0.2, 0.25) is 10.0 Å². The quantitative estimate of drug-likeness (QED) is 0.735. The molecule has 1 heterocycles. The summed E-state index contributed by atoms with van der Waals surface area (Å²) in [5.41, 5.74) is 4.94. The molecule has 1 saturated heterocycles. The molecule has 0 spiro atoms.